The van der Waals surface area contributed by atoms with Gasteiger partial charge in [-0.3, -0.25) is 9.69 Å². The number of benzene rings is 1. The molecule has 2 N–H and O–H groups in total. The molecule has 2 fully saturated rings. The van der Waals surface area contributed by atoms with Crippen molar-refractivity contribution in [3.63, 3.8) is 0 Å². The van der Waals surface area contributed by atoms with Crippen LogP contribution in [0.25, 0.3) is 0 Å². The van der Waals surface area contributed by atoms with E-state index in [-0.39, 0.29) is 23.7 Å². The maximum atomic E-state index is 12.2. The highest BCUT2D eigenvalue weighted by Crippen LogP contribution is 2.42. The number of hydrogen-bond acceptors (Lipinski definition) is 4. The van der Waals surface area contributed by atoms with Gasteiger partial charge < -0.3 is 15.2 Å². The number of carbonyl (C=O) groups excluding carboxylic acids is 1. The van der Waals surface area contributed by atoms with Crippen molar-refractivity contribution in [3.8, 4) is 0 Å². The molecule has 1 aromatic carbocycles. The lowest BCUT2D eigenvalue weighted by Crippen LogP contribution is -2.51. The zero-order chi connectivity index (χ0) is 17.9. The molecule has 0 unspecified atom stereocenters. The lowest BCUT2D eigenvalue weighted by molar-refractivity contribution is -0.122. The van der Waals surface area contributed by atoms with Gasteiger partial charge in [0.2, 0.25) is 5.91 Å². The lowest BCUT2D eigenvalue weighted by atomic mass is 9.79. The number of rotatable bonds is 6. The van der Waals surface area contributed by atoms with Crippen molar-refractivity contribution in [2.24, 2.45) is 0 Å². The predicted molar refractivity (Wildman–Crippen MR) is 97.2 cm³/mol. The van der Waals surface area contributed by atoms with Gasteiger partial charge in [0.05, 0.1) is 11.7 Å². The van der Waals surface area contributed by atoms with Crippen LogP contribution in [0.5, 0.6) is 0 Å². The van der Waals surface area contributed by atoms with Crippen molar-refractivity contribution in [1.82, 2.24) is 10.2 Å². The van der Waals surface area contributed by atoms with E-state index in [0.29, 0.717) is 13.0 Å². The smallest absolute Gasteiger partial charge is 0.221 e. The van der Waals surface area contributed by atoms with Crippen LogP contribution in [0, 0.1) is 6.92 Å². The monoisotopic (exact) mass is 346 g/mol. The predicted octanol–water partition coefficient (Wildman–Crippen LogP) is 2.01. The molecule has 1 aliphatic heterocycles. The second kappa shape index (κ2) is 7.85. The minimum atomic E-state index is -0.246. The summed E-state index contributed by atoms with van der Waals surface area (Å²) in [6, 6.07) is 8.44. The van der Waals surface area contributed by atoms with E-state index in [2.05, 4.69) is 29.3 Å². The maximum Gasteiger partial charge on any atom is 0.221 e. The Balaban J connectivity index is 1.47. The summed E-state index contributed by atoms with van der Waals surface area (Å²) in [4.78, 5) is 14.5. The van der Waals surface area contributed by atoms with Crippen molar-refractivity contribution in [2.45, 2.75) is 63.3 Å². The fraction of sp³-hybridized carbons (Fsp3) is 0.650. The second-order valence-corrected chi connectivity index (χ2v) is 7.51. The molecule has 1 saturated heterocycles. The quantitative estimate of drug-likeness (QED) is 0.827. The Bertz CT molecular complexity index is 589. The molecule has 0 bridgehead atoms. The number of likely N-dealkylation sites (tertiary alicyclic amines) is 1. The molecule has 3 atom stereocenters. The molecule has 1 aromatic rings. The summed E-state index contributed by atoms with van der Waals surface area (Å²) in [5.41, 5.74) is 2.21. The van der Waals surface area contributed by atoms with E-state index < -0.39 is 0 Å². The number of ether oxygens (including phenoxy) is 1. The van der Waals surface area contributed by atoms with E-state index in [1.165, 1.54) is 5.56 Å². The number of aliphatic hydroxyl groups is 1. The number of nitrogens with zero attached hydrogens (tertiary/aromatic N) is 1. The fourth-order valence-electron chi connectivity index (χ4n) is 4.28. The Labute approximate surface area is 150 Å². The van der Waals surface area contributed by atoms with Crippen LogP contribution < -0.4 is 5.32 Å². The zero-order valence-corrected chi connectivity index (χ0v) is 15.3. The Morgan fingerprint density at radius 2 is 2.12 bits per heavy atom. The van der Waals surface area contributed by atoms with E-state index in [1.54, 1.807) is 7.11 Å². The molecule has 25 heavy (non-hydrogen) atoms. The van der Waals surface area contributed by atoms with Crippen LogP contribution in [-0.4, -0.2) is 53.9 Å². The molecule has 138 valence electrons. The van der Waals surface area contributed by atoms with Crippen molar-refractivity contribution < 1.29 is 14.6 Å². The van der Waals surface area contributed by atoms with E-state index >= 15 is 0 Å². The van der Waals surface area contributed by atoms with Gasteiger partial charge in [-0.1, -0.05) is 29.8 Å². The summed E-state index contributed by atoms with van der Waals surface area (Å²) in [6.07, 6.45) is 3.70. The maximum absolute atomic E-state index is 12.2. The van der Waals surface area contributed by atoms with Crippen LogP contribution in [0.1, 0.15) is 43.2 Å². The summed E-state index contributed by atoms with van der Waals surface area (Å²) in [7, 11) is 1.78. The number of aliphatic hydroxyl groups excluding tert-OH is 1. The minimum Gasteiger partial charge on any atom is -0.393 e. The molecule has 3 rings (SSSR count). The molecule has 0 radical (unpaired) electrons. The van der Waals surface area contributed by atoms with Gasteiger partial charge in [0.15, 0.2) is 0 Å². The standard InChI is InChI=1S/C20H30N2O3/c1-15-3-5-16(6-4-15)14-21-19(24)8-11-22-12-10-20(25-2)9-7-17(23)13-18(20)22/h3-6,17-18,23H,7-14H2,1-2H3,(H,21,24)/t17-,18-,20+/m0/s1. The van der Waals surface area contributed by atoms with Crippen LogP contribution in [0.2, 0.25) is 0 Å². The highest BCUT2D eigenvalue weighted by atomic mass is 16.5. The third-order valence-electron chi connectivity index (χ3n) is 5.91. The molecule has 0 aromatic heterocycles. The average molecular weight is 346 g/mol. The lowest BCUT2D eigenvalue weighted by Gasteiger charge is -2.42. The topological polar surface area (TPSA) is 61.8 Å². The molecule has 0 spiro atoms. The van der Waals surface area contributed by atoms with Crippen LogP contribution in [-0.2, 0) is 16.1 Å². The van der Waals surface area contributed by atoms with Gasteiger partial charge in [-0.15, -0.1) is 0 Å². The van der Waals surface area contributed by atoms with Crippen LogP contribution in [0.3, 0.4) is 0 Å². The van der Waals surface area contributed by atoms with Gasteiger partial charge >= 0.3 is 0 Å². The van der Waals surface area contributed by atoms with Gasteiger partial charge in [0.25, 0.3) is 0 Å². The third-order valence-corrected chi connectivity index (χ3v) is 5.91. The van der Waals surface area contributed by atoms with Crippen molar-refractivity contribution in [3.05, 3.63) is 35.4 Å². The molecule has 1 aliphatic carbocycles. The molecule has 1 heterocycles. The summed E-state index contributed by atoms with van der Waals surface area (Å²) in [6.45, 7) is 4.29. The Morgan fingerprint density at radius 1 is 1.36 bits per heavy atom. The fourth-order valence-corrected chi connectivity index (χ4v) is 4.28. The number of fused-ring (bicyclic) bond motifs is 1. The van der Waals surface area contributed by atoms with Crippen LogP contribution in [0.15, 0.2) is 24.3 Å². The Kier molecular flexibility index (Phi) is 5.77. The molecule has 1 saturated carbocycles. The summed E-state index contributed by atoms with van der Waals surface area (Å²) >= 11 is 0. The van der Waals surface area contributed by atoms with Crippen molar-refractivity contribution in [2.75, 3.05) is 20.2 Å². The number of methoxy groups -OCH3 is 1. The van der Waals surface area contributed by atoms with E-state index in [4.69, 9.17) is 4.74 Å². The number of amides is 1. The first kappa shape index (κ1) is 18.4. The van der Waals surface area contributed by atoms with Crippen molar-refractivity contribution >= 4 is 5.91 Å². The van der Waals surface area contributed by atoms with Gasteiger partial charge in [-0.05, 0) is 38.2 Å². The van der Waals surface area contributed by atoms with Gasteiger partial charge in [-0.25, -0.2) is 0 Å². The molecule has 5 heteroatoms. The molecule has 2 aliphatic rings. The first-order chi connectivity index (χ1) is 12.0. The average Bonchev–Trinajstić information content (AvgIpc) is 2.98. The number of nitrogens with one attached hydrogen (secondary N) is 1. The molecule has 1 amide bonds. The highest BCUT2D eigenvalue weighted by Gasteiger charge is 2.50. The highest BCUT2D eigenvalue weighted by molar-refractivity contribution is 5.76. The van der Waals surface area contributed by atoms with E-state index in [1.807, 2.05) is 12.1 Å². The third kappa shape index (κ3) is 4.22. The number of aryl methyl sites for hydroxylation is 1. The van der Waals surface area contributed by atoms with E-state index in [9.17, 15) is 9.90 Å². The molecule has 5 nitrogen and oxygen atoms in total. The first-order valence-electron chi connectivity index (χ1n) is 9.32. The summed E-state index contributed by atoms with van der Waals surface area (Å²) in [5, 5.41) is 13.0. The van der Waals surface area contributed by atoms with Crippen LogP contribution in [0.4, 0.5) is 0 Å². The van der Waals surface area contributed by atoms with Gasteiger partial charge in [0, 0.05) is 39.2 Å². The van der Waals surface area contributed by atoms with Crippen molar-refractivity contribution in [1.29, 1.82) is 0 Å². The number of hydrogen-bond donors (Lipinski definition) is 2. The normalized spacial score (nSPS) is 29.4. The van der Waals surface area contributed by atoms with Crippen LogP contribution >= 0.6 is 0 Å². The molecular weight excluding hydrogens is 316 g/mol. The summed E-state index contributed by atoms with van der Waals surface area (Å²) < 4.78 is 5.85. The number of carbonyl (C=O) groups is 1. The molecular formula is C20H30N2O3. The minimum absolute atomic E-state index is 0.0758. The second-order valence-electron chi connectivity index (χ2n) is 7.51. The Hall–Kier alpha value is -1.43. The largest absolute Gasteiger partial charge is 0.393 e. The summed E-state index contributed by atoms with van der Waals surface area (Å²) in [5.74, 6) is 0.0758. The van der Waals surface area contributed by atoms with Gasteiger partial charge in [0.1, 0.15) is 0 Å². The SMILES string of the molecule is CO[C@@]12CC[C@H](O)C[C@@H]1N(CCC(=O)NCc1ccc(C)cc1)CC2. The first-order valence-corrected chi connectivity index (χ1v) is 9.32. The zero-order valence-electron chi connectivity index (χ0n) is 15.3. The van der Waals surface area contributed by atoms with Gasteiger partial charge in [-0.2, -0.15) is 0 Å². The van der Waals surface area contributed by atoms with E-state index in [0.717, 1.165) is 44.3 Å². The Morgan fingerprint density at radius 3 is 2.84 bits per heavy atom.